The number of hydrogen-bond acceptors (Lipinski definition) is 6. The second kappa shape index (κ2) is 12.4. The van der Waals surface area contributed by atoms with Gasteiger partial charge in [-0.15, -0.1) is 0 Å². The van der Waals surface area contributed by atoms with E-state index in [9.17, 15) is 14.7 Å². The molecule has 0 bridgehead atoms. The van der Waals surface area contributed by atoms with E-state index in [4.69, 9.17) is 9.47 Å². The van der Waals surface area contributed by atoms with Crippen molar-refractivity contribution < 1.29 is 24.2 Å². The van der Waals surface area contributed by atoms with Gasteiger partial charge in [-0.05, 0) is 68.9 Å². The fourth-order valence-corrected chi connectivity index (χ4v) is 3.96. The lowest BCUT2D eigenvalue weighted by Crippen LogP contribution is -2.35. The number of nitrogens with zero attached hydrogens (tertiary/aromatic N) is 2. The van der Waals surface area contributed by atoms with E-state index in [2.05, 4.69) is 6.92 Å². The van der Waals surface area contributed by atoms with Crippen LogP contribution >= 0.6 is 0 Å². The molecule has 1 unspecified atom stereocenters. The van der Waals surface area contributed by atoms with E-state index in [0.717, 1.165) is 24.8 Å². The Morgan fingerprint density at radius 3 is 2.34 bits per heavy atom. The summed E-state index contributed by atoms with van der Waals surface area (Å²) in [6.45, 7) is 6.25. The largest absolute Gasteiger partial charge is 0.507 e. The van der Waals surface area contributed by atoms with Gasteiger partial charge in [0.25, 0.3) is 11.7 Å². The average Bonchev–Trinajstić information content (AvgIpc) is 3.11. The van der Waals surface area contributed by atoms with Crippen LogP contribution in [0.3, 0.4) is 0 Å². The molecular formula is C28H36N2O5. The number of aliphatic hydroxyl groups excluding tert-OH is 1. The van der Waals surface area contributed by atoms with Gasteiger partial charge in [0.2, 0.25) is 0 Å². The molecule has 1 atom stereocenters. The summed E-state index contributed by atoms with van der Waals surface area (Å²) in [5.74, 6) is -0.136. The van der Waals surface area contributed by atoms with Crippen molar-refractivity contribution >= 4 is 17.4 Å². The molecule has 1 N–H and O–H groups in total. The number of hydrogen-bond donors (Lipinski definition) is 1. The lowest BCUT2D eigenvalue weighted by molar-refractivity contribution is -0.140. The molecule has 188 valence electrons. The third-order valence-electron chi connectivity index (χ3n) is 5.87. The van der Waals surface area contributed by atoms with Gasteiger partial charge in [0.05, 0.1) is 24.8 Å². The maximum absolute atomic E-state index is 13.2. The first kappa shape index (κ1) is 26.3. The Hall–Kier alpha value is -3.32. The van der Waals surface area contributed by atoms with Crippen LogP contribution in [0.2, 0.25) is 0 Å². The van der Waals surface area contributed by atoms with Crippen molar-refractivity contribution in [3.63, 3.8) is 0 Å². The smallest absolute Gasteiger partial charge is 0.295 e. The molecule has 1 aliphatic rings. The minimum atomic E-state index is -0.708. The quantitative estimate of drug-likeness (QED) is 0.206. The predicted molar refractivity (Wildman–Crippen MR) is 137 cm³/mol. The minimum Gasteiger partial charge on any atom is -0.507 e. The molecule has 1 aliphatic heterocycles. The van der Waals surface area contributed by atoms with Crippen molar-refractivity contribution in [3.05, 3.63) is 65.2 Å². The highest BCUT2D eigenvalue weighted by Crippen LogP contribution is 2.40. The Morgan fingerprint density at radius 1 is 0.971 bits per heavy atom. The van der Waals surface area contributed by atoms with Crippen LogP contribution in [0, 0.1) is 0 Å². The Morgan fingerprint density at radius 2 is 1.69 bits per heavy atom. The first-order chi connectivity index (χ1) is 16.9. The van der Waals surface area contributed by atoms with Gasteiger partial charge in [0.15, 0.2) is 0 Å². The van der Waals surface area contributed by atoms with Gasteiger partial charge >= 0.3 is 0 Å². The van der Waals surface area contributed by atoms with Gasteiger partial charge < -0.3 is 24.4 Å². The molecule has 35 heavy (non-hydrogen) atoms. The molecule has 7 nitrogen and oxygen atoms in total. The number of benzene rings is 2. The molecular weight excluding hydrogens is 444 g/mol. The second-order valence-electron chi connectivity index (χ2n) is 8.94. The fraction of sp³-hybridized carbons (Fsp3) is 0.429. The number of Topliss-reactive ketones (excluding diaryl/α,β-unsaturated/α-hetero) is 1. The van der Waals surface area contributed by atoms with Crippen LogP contribution in [-0.2, 0) is 9.59 Å². The summed E-state index contributed by atoms with van der Waals surface area (Å²) in [7, 11) is 3.83. The van der Waals surface area contributed by atoms with Crippen molar-refractivity contribution in [3.8, 4) is 11.5 Å². The Kier molecular flexibility index (Phi) is 9.32. The Balaban J connectivity index is 2.03. The molecule has 0 aromatic heterocycles. The lowest BCUT2D eigenvalue weighted by Gasteiger charge is -2.27. The van der Waals surface area contributed by atoms with Gasteiger partial charge in [0.1, 0.15) is 17.3 Å². The lowest BCUT2D eigenvalue weighted by atomic mass is 9.95. The summed E-state index contributed by atoms with van der Waals surface area (Å²) in [6, 6.07) is 13.6. The number of ketones is 1. The van der Waals surface area contributed by atoms with Crippen LogP contribution in [0.5, 0.6) is 11.5 Å². The Bertz CT molecular complexity index is 1050. The van der Waals surface area contributed by atoms with E-state index < -0.39 is 17.7 Å². The van der Waals surface area contributed by atoms with Crippen LogP contribution < -0.4 is 9.47 Å². The number of rotatable bonds is 12. The molecule has 0 spiro atoms. The summed E-state index contributed by atoms with van der Waals surface area (Å²) in [5.41, 5.74) is 1.27. The van der Waals surface area contributed by atoms with Crippen LogP contribution in [0.15, 0.2) is 54.1 Å². The van der Waals surface area contributed by atoms with E-state index >= 15 is 0 Å². The van der Waals surface area contributed by atoms with Crippen molar-refractivity contribution in [2.24, 2.45) is 0 Å². The number of unbranched alkanes of at least 4 members (excludes halogenated alkanes) is 1. The van der Waals surface area contributed by atoms with Crippen molar-refractivity contribution in [1.82, 2.24) is 9.80 Å². The number of likely N-dealkylation sites (N-methyl/N-ethyl adjacent to an activating group) is 1. The number of ether oxygens (including phenoxy) is 2. The molecule has 1 fully saturated rings. The molecule has 3 rings (SSSR count). The molecule has 0 saturated carbocycles. The van der Waals surface area contributed by atoms with Crippen LogP contribution in [-0.4, -0.2) is 67.0 Å². The van der Waals surface area contributed by atoms with Gasteiger partial charge in [-0.2, -0.15) is 0 Å². The summed E-state index contributed by atoms with van der Waals surface area (Å²) in [4.78, 5) is 29.8. The fourth-order valence-electron chi connectivity index (χ4n) is 3.96. The molecule has 1 heterocycles. The summed E-state index contributed by atoms with van der Waals surface area (Å²) in [5, 5.41) is 11.2. The molecule has 1 saturated heterocycles. The maximum atomic E-state index is 13.2. The van der Waals surface area contributed by atoms with Crippen molar-refractivity contribution in [2.45, 2.75) is 39.2 Å². The standard InChI is InChI=1S/C28H36N2O5/c1-5-7-18-35-23-10-8-9-21(19-23)25-24(27(32)28(33)30(25)16-15-29(3)4)26(31)20-11-13-22(14-12-20)34-17-6-2/h8-14,19,25,31H,5-7,15-18H2,1-4H3/b26-24+. The molecule has 2 aromatic rings. The molecule has 0 aliphatic carbocycles. The summed E-state index contributed by atoms with van der Waals surface area (Å²) in [6.07, 6.45) is 2.84. The number of likely N-dealkylation sites (tertiary alicyclic amines) is 1. The third-order valence-corrected chi connectivity index (χ3v) is 5.87. The highest BCUT2D eigenvalue weighted by atomic mass is 16.5. The monoisotopic (exact) mass is 480 g/mol. The van der Waals surface area contributed by atoms with E-state index in [1.54, 1.807) is 24.3 Å². The van der Waals surface area contributed by atoms with E-state index in [1.807, 2.05) is 50.2 Å². The van der Waals surface area contributed by atoms with E-state index in [1.165, 1.54) is 4.90 Å². The number of carbonyl (C=O) groups excluding carboxylic acids is 2. The van der Waals surface area contributed by atoms with Crippen molar-refractivity contribution in [1.29, 1.82) is 0 Å². The minimum absolute atomic E-state index is 0.0849. The zero-order valence-electron chi connectivity index (χ0n) is 21.1. The topological polar surface area (TPSA) is 79.3 Å². The van der Waals surface area contributed by atoms with E-state index in [-0.39, 0.29) is 11.3 Å². The molecule has 0 radical (unpaired) electrons. The highest BCUT2D eigenvalue weighted by molar-refractivity contribution is 6.46. The zero-order chi connectivity index (χ0) is 25.4. The summed E-state index contributed by atoms with van der Waals surface area (Å²) >= 11 is 0. The molecule has 2 aromatic carbocycles. The predicted octanol–water partition coefficient (Wildman–Crippen LogP) is 4.64. The number of amides is 1. The summed E-state index contributed by atoms with van der Waals surface area (Å²) < 4.78 is 11.5. The van der Waals surface area contributed by atoms with Crippen LogP contribution in [0.25, 0.3) is 5.76 Å². The van der Waals surface area contributed by atoms with Gasteiger partial charge in [-0.25, -0.2) is 0 Å². The normalized spacial score (nSPS) is 17.3. The first-order valence-electron chi connectivity index (χ1n) is 12.3. The second-order valence-corrected chi connectivity index (χ2v) is 8.94. The van der Waals surface area contributed by atoms with E-state index in [0.29, 0.717) is 43.4 Å². The van der Waals surface area contributed by atoms with Gasteiger partial charge in [-0.3, -0.25) is 9.59 Å². The third kappa shape index (κ3) is 6.42. The van der Waals surface area contributed by atoms with Crippen LogP contribution in [0.1, 0.15) is 50.3 Å². The first-order valence-corrected chi connectivity index (χ1v) is 12.3. The average molecular weight is 481 g/mol. The van der Waals surface area contributed by atoms with Gasteiger partial charge in [-0.1, -0.05) is 32.4 Å². The zero-order valence-corrected chi connectivity index (χ0v) is 21.1. The maximum Gasteiger partial charge on any atom is 0.295 e. The number of aliphatic hydroxyl groups is 1. The van der Waals surface area contributed by atoms with Crippen LogP contribution in [0.4, 0.5) is 0 Å². The Labute approximate surface area is 207 Å². The van der Waals surface area contributed by atoms with Gasteiger partial charge in [0, 0.05) is 18.7 Å². The SMILES string of the molecule is CCCCOc1cccc(C2/C(=C(\O)c3ccc(OCCC)cc3)C(=O)C(=O)N2CCN(C)C)c1. The van der Waals surface area contributed by atoms with Crippen molar-refractivity contribution in [2.75, 3.05) is 40.4 Å². The number of carbonyl (C=O) groups is 2. The molecule has 1 amide bonds. The highest BCUT2D eigenvalue weighted by Gasteiger charge is 2.46. The molecule has 7 heteroatoms.